The van der Waals surface area contributed by atoms with Gasteiger partial charge in [-0.2, -0.15) is 0 Å². The van der Waals surface area contributed by atoms with Gasteiger partial charge in [-0.05, 0) is 30.7 Å². The van der Waals surface area contributed by atoms with E-state index in [1.807, 2.05) is 24.3 Å². The van der Waals surface area contributed by atoms with Crippen molar-refractivity contribution in [3.05, 3.63) is 82.2 Å². The molecule has 0 saturated carbocycles. The molecule has 1 N–H and O–H groups in total. The predicted molar refractivity (Wildman–Crippen MR) is 97.1 cm³/mol. The van der Waals surface area contributed by atoms with Gasteiger partial charge in [-0.1, -0.05) is 30.3 Å². The number of hydrogen-bond acceptors (Lipinski definition) is 3. The van der Waals surface area contributed by atoms with Crippen LogP contribution in [0.15, 0.2) is 64.4 Å². The highest BCUT2D eigenvalue weighted by molar-refractivity contribution is 5.96. The Morgan fingerprint density at radius 1 is 1.04 bits per heavy atom. The Morgan fingerprint density at radius 2 is 1.84 bits per heavy atom. The van der Waals surface area contributed by atoms with Gasteiger partial charge in [0.1, 0.15) is 11.6 Å². The van der Waals surface area contributed by atoms with Crippen LogP contribution in [0.1, 0.15) is 24.2 Å². The van der Waals surface area contributed by atoms with Crippen LogP contribution in [0.4, 0.5) is 4.39 Å². The fourth-order valence-corrected chi connectivity index (χ4v) is 2.99. The van der Waals surface area contributed by atoms with E-state index >= 15 is 0 Å². The number of benzene rings is 2. The molecule has 0 spiro atoms. The van der Waals surface area contributed by atoms with E-state index in [0.717, 1.165) is 5.71 Å². The van der Waals surface area contributed by atoms with Gasteiger partial charge in [-0.3, -0.25) is 9.79 Å². The minimum absolute atomic E-state index is 0.126. The summed E-state index contributed by atoms with van der Waals surface area (Å²) in [6.45, 7) is 0. The first kappa shape index (κ1) is 15.4. The number of aromatic nitrogens is 2. The summed E-state index contributed by atoms with van der Waals surface area (Å²) < 4.78 is 13.9. The third-order valence-electron chi connectivity index (χ3n) is 4.27. The Labute approximate surface area is 143 Å². The number of aryl methyl sites for hydroxylation is 1. The van der Waals surface area contributed by atoms with Crippen molar-refractivity contribution in [1.29, 1.82) is 0 Å². The highest BCUT2D eigenvalue weighted by atomic mass is 19.1. The number of hydrogen-bond donors (Lipinski definition) is 1. The maximum atomic E-state index is 13.9. The lowest BCUT2D eigenvalue weighted by atomic mass is 10.1. The molecule has 1 aliphatic heterocycles. The maximum Gasteiger partial charge on any atom is 0.258 e. The molecule has 0 amide bonds. The molecular weight excluding hydrogens is 317 g/mol. The molecule has 0 unspecified atom stereocenters. The zero-order chi connectivity index (χ0) is 17.2. The van der Waals surface area contributed by atoms with E-state index in [-0.39, 0.29) is 11.4 Å². The van der Waals surface area contributed by atoms with Gasteiger partial charge in [0.05, 0.1) is 16.6 Å². The molecule has 25 heavy (non-hydrogen) atoms. The number of nitrogens with one attached hydrogen (secondary N) is 1. The van der Waals surface area contributed by atoms with E-state index in [4.69, 9.17) is 0 Å². The lowest BCUT2D eigenvalue weighted by molar-refractivity contribution is 0.624. The molecule has 0 saturated heterocycles. The van der Waals surface area contributed by atoms with Gasteiger partial charge >= 0.3 is 0 Å². The number of nitrogens with zero attached hydrogens (tertiary/aromatic N) is 2. The summed E-state index contributed by atoms with van der Waals surface area (Å²) in [6, 6.07) is 13.9. The molecule has 124 valence electrons. The van der Waals surface area contributed by atoms with E-state index in [2.05, 4.69) is 15.0 Å². The van der Waals surface area contributed by atoms with Crippen molar-refractivity contribution in [1.82, 2.24) is 9.97 Å². The molecule has 5 heteroatoms. The van der Waals surface area contributed by atoms with Crippen LogP contribution in [-0.2, 0) is 6.42 Å². The first-order valence-electron chi connectivity index (χ1n) is 8.20. The average Bonchev–Trinajstić information content (AvgIpc) is 3.09. The number of H-pyrrole nitrogens is 1. The van der Waals surface area contributed by atoms with Gasteiger partial charge in [0.25, 0.3) is 5.56 Å². The second kappa shape index (κ2) is 6.43. The topological polar surface area (TPSA) is 58.1 Å². The van der Waals surface area contributed by atoms with Gasteiger partial charge in [-0.15, -0.1) is 0 Å². The largest absolute Gasteiger partial charge is 0.310 e. The molecule has 3 aromatic rings. The Bertz CT molecular complexity index is 1070. The first-order chi connectivity index (χ1) is 12.2. The second-order valence-electron chi connectivity index (χ2n) is 5.98. The molecule has 0 aliphatic carbocycles. The van der Waals surface area contributed by atoms with Crippen LogP contribution in [0.3, 0.4) is 0 Å². The summed E-state index contributed by atoms with van der Waals surface area (Å²) in [5.74, 6) is 0.380. The van der Waals surface area contributed by atoms with Gasteiger partial charge < -0.3 is 4.98 Å². The number of rotatable bonds is 4. The summed E-state index contributed by atoms with van der Waals surface area (Å²) >= 11 is 0. The Balaban J connectivity index is 1.50. The van der Waals surface area contributed by atoms with Crippen molar-refractivity contribution in [2.75, 3.05) is 0 Å². The lowest BCUT2D eigenvalue weighted by Gasteiger charge is -2.03. The molecule has 1 aliphatic rings. The Kier molecular flexibility index (Phi) is 3.98. The number of aromatic amines is 1. The number of halogens is 1. The van der Waals surface area contributed by atoms with Crippen molar-refractivity contribution in [3.8, 4) is 0 Å². The van der Waals surface area contributed by atoms with E-state index in [0.29, 0.717) is 47.3 Å². The summed E-state index contributed by atoms with van der Waals surface area (Å²) in [5.41, 5.74) is 2.73. The van der Waals surface area contributed by atoms with Crippen molar-refractivity contribution >= 4 is 22.3 Å². The van der Waals surface area contributed by atoms with Crippen molar-refractivity contribution in [3.63, 3.8) is 0 Å². The molecule has 4 rings (SSSR count). The van der Waals surface area contributed by atoms with Crippen LogP contribution in [0.25, 0.3) is 16.6 Å². The van der Waals surface area contributed by atoms with E-state index in [9.17, 15) is 9.18 Å². The van der Waals surface area contributed by atoms with Crippen molar-refractivity contribution in [2.24, 2.45) is 4.99 Å². The minimum Gasteiger partial charge on any atom is -0.310 e. The molecule has 0 fully saturated rings. The molecule has 2 heterocycles. The molecule has 0 bridgehead atoms. The average molecular weight is 333 g/mol. The van der Waals surface area contributed by atoms with Crippen molar-refractivity contribution in [2.45, 2.75) is 19.3 Å². The normalized spacial score (nSPS) is 13.8. The second-order valence-corrected chi connectivity index (χ2v) is 5.98. The Hall–Kier alpha value is -3.08. The number of allylic oxidation sites excluding steroid dienone is 1. The van der Waals surface area contributed by atoms with Crippen LogP contribution in [0.2, 0.25) is 0 Å². The molecule has 0 radical (unpaired) electrons. The smallest absolute Gasteiger partial charge is 0.258 e. The van der Waals surface area contributed by atoms with Crippen molar-refractivity contribution < 1.29 is 4.39 Å². The molecule has 0 atom stereocenters. The quantitative estimate of drug-likeness (QED) is 0.788. The van der Waals surface area contributed by atoms with Gasteiger partial charge in [0.2, 0.25) is 0 Å². The summed E-state index contributed by atoms with van der Waals surface area (Å²) in [7, 11) is 0. The van der Waals surface area contributed by atoms with E-state index in [1.54, 1.807) is 24.3 Å². The summed E-state index contributed by atoms with van der Waals surface area (Å²) in [6.07, 6.45) is 3.90. The molecule has 4 nitrogen and oxygen atoms in total. The van der Waals surface area contributed by atoms with Crippen LogP contribution in [-0.4, -0.2) is 15.7 Å². The monoisotopic (exact) mass is 333 g/mol. The minimum atomic E-state index is -0.265. The molecule has 2 aromatic carbocycles. The predicted octanol–water partition coefficient (Wildman–Crippen LogP) is 3.88. The van der Waals surface area contributed by atoms with Gasteiger partial charge in [0, 0.05) is 24.1 Å². The first-order valence-corrected chi connectivity index (χ1v) is 8.20. The van der Waals surface area contributed by atoms with E-state index < -0.39 is 0 Å². The molecular formula is C20H16FN3O. The van der Waals surface area contributed by atoms with Gasteiger partial charge in [-0.25, -0.2) is 9.37 Å². The van der Waals surface area contributed by atoms with Crippen LogP contribution in [0.5, 0.6) is 0 Å². The zero-order valence-electron chi connectivity index (χ0n) is 13.5. The van der Waals surface area contributed by atoms with Crippen LogP contribution in [0, 0.1) is 5.82 Å². The fraction of sp³-hybridized carbons (Fsp3) is 0.150. The number of aliphatic imine (C=N–C) groups is 1. The third kappa shape index (κ3) is 3.13. The zero-order valence-corrected chi connectivity index (χ0v) is 13.5. The maximum absolute atomic E-state index is 13.9. The number of fused-ring (bicyclic) bond motifs is 1. The fourth-order valence-electron chi connectivity index (χ4n) is 2.99. The SMILES string of the molecule is O=c1[nH]c(CCC2=NC(c3ccccc3F)=CC2)nc2ccccc12. The van der Waals surface area contributed by atoms with Crippen LogP contribution >= 0.6 is 0 Å². The highest BCUT2D eigenvalue weighted by Crippen LogP contribution is 2.25. The molecule has 1 aromatic heterocycles. The highest BCUT2D eigenvalue weighted by Gasteiger charge is 2.14. The third-order valence-corrected chi connectivity index (χ3v) is 4.27. The van der Waals surface area contributed by atoms with Gasteiger partial charge in [0.15, 0.2) is 0 Å². The standard InChI is InChI=1S/C20H16FN3O/c21-16-7-3-1-5-14(16)18-11-9-13(22-18)10-12-19-23-17-8-4-2-6-15(17)20(25)24-19/h1-8,11H,9-10,12H2,(H,23,24,25). The Morgan fingerprint density at radius 3 is 2.72 bits per heavy atom. The van der Waals surface area contributed by atoms with E-state index in [1.165, 1.54) is 6.07 Å². The summed E-state index contributed by atoms with van der Waals surface area (Å²) in [5, 5.41) is 0.591. The van der Waals surface area contributed by atoms with Crippen LogP contribution < -0.4 is 5.56 Å². The summed E-state index contributed by atoms with van der Waals surface area (Å²) in [4.78, 5) is 24.0. The lowest BCUT2D eigenvalue weighted by Crippen LogP contribution is -2.12. The number of para-hydroxylation sites is 1.